The van der Waals surface area contributed by atoms with Crippen molar-refractivity contribution in [2.75, 3.05) is 20.0 Å². The molecular weight excluding hydrogens is 198 g/mol. The van der Waals surface area contributed by atoms with E-state index in [-0.39, 0.29) is 0 Å². The lowest BCUT2D eigenvalue weighted by atomic mass is 10.1. The SMILES string of the molecule is COCc1c(N)cccc1C(=S)OC. The van der Waals surface area contributed by atoms with Gasteiger partial charge in [0.1, 0.15) is 0 Å². The van der Waals surface area contributed by atoms with Crippen LogP contribution in [0.15, 0.2) is 18.2 Å². The summed E-state index contributed by atoms with van der Waals surface area (Å²) in [6, 6.07) is 5.53. The van der Waals surface area contributed by atoms with Gasteiger partial charge in [-0.25, -0.2) is 0 Å². The topological polar surface area (TPSA) is 44.5 Å². The van der Waals surface area contributed by atoms with Crippen LogP contribution in [-0.2, 0) is 16.1 Å². The van der Waals surface area contributed by atoms with Crippen molar-refractivity contribution in [2.45, 2.75) is 6.61 Å². The molecule has 0 heterocycles. The molecule has 0 aliphatic carbocycles. The van der Waals surface area contributed by atoms with Crippen LogP contribution < -0.4 is 5.73 Å². The minimum absolute atomic E-state index is 0.435. The predicted molar refractivity (Wildman–Crippen MR) is 60.3 cm³/mol. The molecule has 1 rings (SSSR count). The van der Waals surface area contributed by atoms with Gasteiger partial charge in [-0.05, 0) is 24.4 Å². The van der Waals surface area contributed by atoms with Crippen molar-refractivity contribution in [3.8, 4) is 0 Å². The molecule has 0 unspecified atom stereocenters. The molecule has 0 aliphatic rings. The summed E-state index contributed by atoms with van der Waals surface area (Å²) >= 11 is 5.05. The van der Waals surface area contributed by atoms with Crippen molar-refractivity contribution in [1.82, 2.24) is 0 Å². The minimum Gasteiger partial charge on any atom is -0.486 e. The summed E-state index contributed by atoms with van der Waals surface area (Å²) in [5, 5.41) is 0.435. The van der Waals surface area contributed by atoms with E-state index < -0.39 is 0 Å². The Hall–Kier alpha value is -1.13. The maximum absolute atomic E-state index is 5.80. The Balaban J connectivity index is 3.13. The van der Waals surface area contributed by atoms with Crippen LogP contribution in [0.25, 0.3) is 0 Å². The number of hydrogen-bond acceptors (Lipinski definition) is 4. The highest BCUT2D eigenvalue weighted by Crippen LogP contribution is 2.19. The molecule has 0 amide bonds. The van der Waals surface area contributed by atoms with Gasteiger partial charge in [0.25, 0.3) is 0 Å². The average molecular weight is 211 g/mol. The molecule has 1 aromatic carbocycles. The normalized spacial score (nSPS) is 9.86. The lowest BCUT2D eigenvalue weighted by Crippen LogP contribution is -2.07. The van der Waals surface area contributed by atoms with Crippen LogP contribution in [0.4, 0.5) is 5.69 Å². The third kappa shape index (κ3) is 2.21. The Bertz CT molecular complexity index is 339. The molecule has 76 valence electrons. The van der Waals surface area contributed by atoms with Crippen LogP contribution in [0.3, 0.4) is 0 Å². The first-order valence-electron chi connectivity index (χ1n) is 4.15. The molecule has 0 bridgehead atoms. The van der Waals surface area contributed by atoms with Gasteiger partial charge in [0.15, 0.2) is 5.05 Å². The van der Waals surface area contributed by atoms with E-state index in [1.165, 1.54) is 0 Å². The number of nitrogen functional groups attached to an aromatic ring is 1. The third-order valence-electron chi connectivity index (χ3n) is 1.91. The molecule has 0 aliphatic heterocycles. The Kier molecular flexibility index (Phi) is 3.85. The maximum atomic E-state index is 5.80. The Labute approximate surface area is 88.8 Å². The molecular formula is C10H13NO2S. The van der Waals surface area contributed by atoms with Gasteiger partial charge in [-0.15, -0.1) is 0 Å². The first kappa shape index (κ1) is 10.9. The molecule has 4 heteroatoms. The lowest BCUT2D eigenvalue weighted by molar-refractivity contribution is 0.185. The van der Waals surface area contributed by atoms with Gasteiger partial charge in [0, 0.05) is 23.9 Å². The van der Waals surface area contributed by atoms with Gasteiger partial charge in [0.2, 0.25) is 0 Å². The first-order valence-corrected chi connectivity index (χ1v) is 4.56. The van der Waals surface area contributed by atoms with Gasteiger partial charge >= 0.3 is 0 Å². The highest BCUT2D eigenvalue weighted by molar-refractivity contribution is 7.80. The fourth-order valence-electron chi connectivity index (χ4n) is 1.21. The van der Waals surface area contributed by atoms with E-state index in [2.05, 4.69) is 0 Å². The largest absolute Gasteiger partial charge is 0.486 e. The smallest absolute Gasteiger partial charge is 0.191 e. The summed E-state index contributed by atoms with van der Waals surface area (Å²) < 4.78 is 10.0. The van der Waals surface area contributed by atoms with E-state index in [1.807, 2.05) is 18.2 Å². The Morgan fingerprint density at radius 3 is 2.71 bits per heavy atom. The zero-order valence-corrected chi connectivity index (χ0v) is 9.06. The van der Waals surface area contributed by atoms with Gasteiger partial charge in [-0.2, -0.15) is 0 Å². The zero-order valence-electron chi connectivity index (χ0n) is 8.24. The van der Waals surface area contributed by atoms with Crippen molar-refractivity contribution in [3.63, 3.8) is 0 Å². The average Bonchev–Trinajstić information content (AvgIpc) is 2.20. The summed E-state index contributed by atoms with van der Waals surface area (Å²) in [7, 11) is 3.16. The molecule has 0 atom stereocenters. The molecule has 0 radical (unpaired) electrons. The molecule has 0 aromatic heterocycles. The van der Waals surface area contributed by atoms with Crippen LogP contribution >= 0.6 is 12.2 Å². The van der Waals surface area contributed by atoms with Crippen molar-refractivity contribution in [3.05, 3.63) is 29.3 Å². The first-order chi connectivity index (χ1) is 6.70. The zero-order chi connectivity index (χ0) is 10.6. The van der Waals surface area contributed by atoms with Gasteiger partial charge < -0.3 is 15.2 Å². The fraction of sp³-hybridized carbons (Fsp3) is 0.300. The van der Waals surface area contributed by atoms with Crippen LogP contribution in [0.1, 0.15) is 11.1 Å². The van der Waals surface area contributed by atoms with Gasteiger partial charge in [-0.3, -0.25) is 0 Å². The highest BCUT2D eigenvalue weighted by Gasteiger charge is 2.10. The minimum atomic E-state index is 0.435. The molecule has 0 fully saturated rings. The van der Waals surface area contributed by atoms with Crippen molar-refractivity contribution >= 4 is 23.0 Å². The summed E-state index contributed by atoms with van der Waals surface area (Å²) in [4.78, 5) is 0. The van der Waals surface area contributed by atoms with Crippen molar-refractivity contribution in [2.24, 2.45) is 0 Å². The van der Waals surface area contributed by atoms with E-state index >= 15 is 0 Å². The number of methoxy groups -OCH3 is 2. The molecule has 14 heavy (non-hydrogen) atoms. The molecule has 1 aromatic rings. The van der Waals surface area contributed by atoms with Crippen LogP contribution in [-0.4, -0.2) is 19.3 Å². The lowest BCUT2D eigenvalue weighted by Gasteiger charge is -2.11. The van der Waals surface area contributed by atoms with E-state index in [9.17, 15) is 0 Å². The molecule has 2 N–H and O–H groups in total. The van der Waals surface area contributed by atoms with E-state index in [4.69, 9.17) is 27.4 Å². The standard InChI is InChI=1S/C10H13NO2S/c1-12-6-8-7(10(14)13-2)4-3-5-9(8)11/h3-5H,6,11H2,1-2H3. The summed E-state index contributed by atoms with van der Waals surface area (Å²) in [5.41, 5.74) is 8.18. The number of hydrogen-bond donors (Lipinski definition) is 1. The highest BCUT2D eigenvalue weighted by atomic mass is 32.1. The van der Waals surface area contributed by atoms with E-state index in [1.54, 1.807) is 14.2 Å². The van der Waals surface area contributed by atoms with Gasteiger partial charge in [0.05, 0.1) is 13.7 Å². The third-order valence-corrected chi connectivity index (χ3v) is 2.29. The van der Waals surface area contributed by atoms with Crippen LogP contribution in [0.5, 0.6) is 0 Å². The molecule has 0 saturated heterocycles. The molecule has 3 nitrogen and oxygen atoms in total. The second-order valence-electron chi connectivity index (χ2n) is 2.80. The van der Waals surface area contributed by atoms with Crippen molar-refractivity contribution < 1.29 is 9.47 Å². The molecule has 0 spiro atoms. The van der Waals surface area contributed by atoms with Gasteiger partial charge in [-0.1, -0.05) is 6.07 Å². The predicted octanol–water partition coefficient (Wildman–Crippen LogP) is 1.74. The Morgan fingerprint density at radius 1 is 1.43 bits per heavy atom. The number of benzene rings is 1. The summed E-state index contributed by atoms with van der Waals surface area (Å²) in [6.07, 6.45) is 0. The van der Waals surface area contributed by atoms with E-state index in [0.29, 0.717) is 17.3 Å². The molecule has 0 saturated carbocycles. The number of anilines is 1. The monoisotopic (exact) mass is 211 g/mol. The van der Waals surface area contributed by atoms with Crippen molar-refractivity contribution in [1.29, 1.82) is 0 Å². The fourth-order valence-corrected chi connectivity index (χ4v) is 1.40. The second kappa shape index (κ2) is 4.93. The summed E-state index contributed by atoms with van der Waals surface area (Å²) in [6.45, 7) is 0.436. The number of rotatable bonds is 3. The summed E-state index contributed by atoms with van der Waals surface area (Å²) in [5.74, 6) is 0. The Morgan fingerprint density at radius 2 is 2.14 bits per heavy atom. The van der Waals surface area contributed by atoms with Crippen LogP contribution in [0.2, 0.25) is 0 Å². The second-order valence-corrected chi connectivity index (χ2v) is 3.17. The quantitative estimate of drug-likeness (QED) is 0.611. The maximum Gasteiger partial charge on any atom is 0.191 e. The number of nitrogens with two attached hydrogens (primary N) is 1. The number of thiocarbonyl (C=S) groups is 1. The number of ether oxygens (including phenoxy) is 2. The van der Waals surface area contributed by atoms with E-state index in [0.717, 1.165) is 11.1 Å². The van der Waals surface area contributed by atoms with Crippen LogP contribution in [0, 0.1) is 0 Å².